The first-order chi connectivity index (χ1) is 10.2. The summed E-state index contributed by atoms with van der Waals surface area (Å²) in [6.07, 6.45) is 3.31. The van der Waals surface area contributed by atoms with Crippen molar-refractivity contribution in [2.24, 2.45) is 0 Å². The van der Waals surface area contributed by atoms with E-state index in [1.165, 1.54) is 0 Å². The van der Waals surface area contributed by atoms with Crippen LogP contribution in [0.3, 0.4) is 0 Å². The molecule has 106 valence electrons. The van der Waals surface area contributed by atoms with E-state index in [-0.39, 0.29) is 6.03 Å². The maximum Gasteiger partial charge on any atom is 0.325 e. The molecule has 3 aromatic rings. The molecule has 0 aliphatic heterocycles. The van der Waals surface area contributed by atoms with Crippen molar-refractivity contribution in [3.8, 4) is 11.5 Å². The van der Waals surface area contributed by atoms with E-state index < -0.39 is 0 Å². The number of nitrogens with two attached hydrogens (primary N) is 1. The minimum absolute atomic E-state index is 0.180. The predicted octanol–water partition coefficient (Wildman–Crippen LogP) is 2.60. The highest BCUT2D eigenvalue weighted by molar-refractivity contribution is 5.92. The number of carbonyl (C=O) groups is 1. The lowest BCUT2D eigenvalue weighted by molar-refractivity contribution is 0.245. The van der Waals surface area contributed by atoms with Gasteiger partial charge in [-0.25, -0.2) is 9.78 Å². The molecule has 1 aromatic carbocycles. The van der Waals surface area contributed by atoms with Gasteiger partial charge in [-0.15, -0.1) is 0 Å². The lowest BCUT2D eigenvalue weighted by Gasteiger charge is -2.07. The zero-order valence-electron chi connectivity index (χ0n) is 11.4. The van der Waals surface area contributed by atoms with Gasteiger partial charge in [0.2, 0.25) is 0 Å². The molecule has 6 nitrogen and oxygen atoms in total. The van der Waals surface area contributed by atoms with Crippen molar-refractivity contribution in [2.75, 3.05) is 12.8 Å². The number of anilines is 1. The third-order valence-corrected chi connectivity index (χ3v) is 3.08. The van der Waals surface area contributed by atoms with Crippen LogP contribution in [0.5, 0.6) is 11.5 Å². The number of benzene rings is 1. The Morgan fingerprint density at radius 2 is 2.05 bits per heavy atom. The highest BCUT2D eigenvalue weighted by atomic mass is 16.5. The van der Waals surface area contributed by atoms with Gasteiger partial charge in [0.1, 0.15) is 17.3 Å². The van der Waals surface area contributed by atoms with Crippen molar-refractivity contribution < 1.29 is 9.53 Å². The second-order valence-corrected chi connectivity index (χ2v) is 4.48. The van der Waals surface area contributed by atoms with Crippen molar-refractivity contribution >= 4 is 22.8 Å². The van der Waals surface area contributed by atoms with E-state index in [0.717, 1.165) is 10.9 Å². The average molecular weight is 282 g/mol. The van der Waals surface area contributed by atoms with Crippen LogP contribution >= 0.6 is 0 Å². The van der Waals surface area contributed by atoms with E-state index in [4.69, 9.17) is 10.5 Å². The molecule has 0 unspecified atom stereocenters. The molecule has 2 heterocycles. The van der Waals surface area contributed by atoms with Gasteiger partial charge < -0.3 is 15.8 Å². The largest absolute Gasteiger partial charge is 0.457 e. The molecule has 0 fully saturated rings. The minimum Gasteiger partial charge on any atom is -0.457 e. The first-order valence-corrected chi connectivity index (χ1v) is 6.40. The van der Waals surface area contributed by atoms with E-state index in [1.807, 2.05) is 18.2 Å². The van der Waals surface area contributed by atoms with Gasteiger partial charge in [-0.1, -0.05) is 0 Å². The van der Waals surface area contributed by atoms with E-state index in [9.17, 15) is 4.79 Å². The molecule has 21 heavy (non-hydrogen) atoms. The number of pyridine rings is 1. The number of nitrogens with one attached hydrogen (secondary N) is 1. The fraction of sp³-hybridized carbons (Fsp3) is 0.0667. The maximum absolute atomic E-state index is 11.7. The number of hydrogen-bond donors (Lipinski definition) is 2. The van der Waals surface area contributed by atoms with Gasteiger partial charge in [0.25, 0.3) is 0 Å². The molecule has 1 amide bonds. The summed E-state index contributed by atoms with van der Waals surface area (Å²) in [5, 5.41) is 3.51. The van der Waals surface area contributed by atoms with Crippen molar-refractivity contribution in [2.45, 2.75) is 0 Å². The summed E-state index contributed by atoms with van der Waals surface area (Å²) in [5.41, 5.74) is 6.43. The summed E-state index contributed by atoms with van der Waals surface area (Å²) < 4.78 is 7.28. The zero-order valence-corrected chi connectivity index (χ0v) is 11.4. The number of ether oxygens (including phenoxy) is 1. The Labute approximate surface area is 121 Å². The first-order valence-electron chi connectivity index (χ1n) is 6.40. The molecule has 6 heteroatoms. The quantitative estimate of drug-likeness (QED) is 0.757. The number of carbonyl (C=O) groups excluding carboxylic acids is 1. The lowest BCUT2D eigenvalue weighted by atomic mass is 10.2. The van der Waals surface area contributed by atoms with Crippen molar-refractivity contribution in [1.82, 2.24) is 14.9 Å². The number of hydrogen-bond acceptors (Lipinski definition) is 4. The minimum atomic E-state index is -0.180. The molecule has 3 N–H and O–H groups in total. The number of nitrogens with zero attached hydrogens (tertiary/aromatic N) is 2. The Kier molecular flexibility index (Phi) is 3.19. The fourth-order valence-electron chi connectivity index (χ4n) is 2.11. The van der Waals surface area contributed by atoms with Gasteiger partial charge in [0.05, 0.1) is 5.52 Å². The molecular formula is C15H14N4O2. The highest BCUT2D eigenvalue weighted by Crippen LogP contribution is 2.26. The number of rotatable bonds is 2. The third-order valence-electron chi connectivity index (χ3n) is 3.08. The highest BCUT2D eigenvalue weighted by Gasteiger charge is 2.08. The molecule has 0 aliphatic carbocycles. The molecule has 3 rings (SSSR count). The Balaban J connectivity index is 1.93. The summed E-state index contributed by atoms with van der Waals surface area (Å²) in [6, 6.07) is 10.6. The van der Waals surface area contributed by atoms with E-state index in [0.29, 0.717) is 17.3 Å². The Hall–Kier alpha value is -3.02. The van der Waals surface area contributed by atoms with Gasteiger partial charge in [-0.3, -0.25) is 4.57 Å². The van der Waals surface area contributed by atoms with Gasteiger partial charge in [0, 0.05) is 30.9 Å². The maximum atomic E-state index is 11.7. The van der Waals surface area contributed by atoms with Crippen LogP contribution in [0.25, 0.3) is 10.9 Å². The molecule has 0 aliphatic rings. The standard InChI is InChI=1S/C15H14N4O2/c1-17-15(20)19-7-5-10-8-11(2-3-13(10)19)21-12-4-6-18-14(16)9-12/h2-9H,1H3,(H2,16,18)(H,17,20). The van der Waals surface area contributed by atoms with Crippen LogP contribution in [0, 0.1) is 0 Å². The molecule has 0 atom stereocenters. The van der Waals surface area contributed by atoms with Crippen LogP contribution in [-0.2, 0) is 0 Å². The first kappa shape index (κ1) is 13.0. The summed E-state index contributed by atoms with van der Waals surface area (Å²) in [4.78, 5) is 15.6. The van der Waals surface area contributed by atoms with Gasteiger partial charge in [0.15, 0.2) is 0 Å². The summed E-state index contributed by atoms with van der Waals surface area (Å²) in [5.74, 6) is 1.69. The van der Waals surface area contributed by atoms with Crippen LogP contribution in [0.15, 0.2) is 48.8 Å². The number of nitrogen functional groups attached to an aromatic ring is 1. The summed E-state index contributed by atoms with van der Waals surface area (Å²) in [7, 11) is 1.60. The second-order valence-electron chi connectivity index (χ2n) is 4.48. The Morgan fingerprint density at radius 3 is 2.81 bits per heavy atom. The Morgan fingerprint density at radius 1 is 1.24 bits per heavy atom. The normalized spacial score (nSPS) is 10.5. The molecule has 2 aromatic heterocycles. The fourth-order valence-corrected chi connectivity index (χ4v) is 2.11. The third kappa shape index (κ3) is 2.51. The van der Waals surface area contributed by atoms with Crippen LogP contribution in [0.2, 0.25) is 0 Å². The number of amides is 1. The number of aromatic nitrogens is 2. The van der Waals surface area contributed by atoms with Crippen LogP contribution in [0.4, 0.5) is 10.6 Å². The van der Waals surface area contributed by atoms with Crippen molar-refractivity contribution in [3.63, 3.8) is 0 Å². The Bertz CT molecular complexity index is 810. The molecule has 0 saturated heterocycles. The van der Waals surface area contributed by atoms with Crippen molar-refractivity contribution in [1.29, 1.82) is 0 Å². The summed E-state index contributed by atoms with van der Waals surface area (Å²) >= 11 is 0. The summed E-state index contributed by atoms with van der Waals surface area (Å²) in [6.45, 7) is 0. The van der Waals surface area contributed by atoms with E-state index in [2.05, 4.69) is 10.3 Å². The second kappa shape index (κ2) is 5.16. The van der Waals surface area contributed by atoms with E-state index >= 15 is 0 Å². The van der Waals surface area contributed by atoms with Gasteiger partial charge >= 0.3 is 6.03 Å². The monoisotopic (exact) mass is 282 g/mol. The van der Waals surface area contributed by atoms with E-state index in [1.54, 1.807) is 42.2 Å². The molecular weight excluding hydrogens is 268 g/mol. The number of fused-ring (bicyclic) bond motifs is 1. The van der Waals surface area contributed by atoms with Crippen LogP contribution in [-0.4, -0.2) is 22.6 Å². The smallest absolute Gasteiger partial charge is 0.325 e. The SMILES string of the molecule is CNC(=O)n1ccc2cc(Oc3ccnc(N)c3)ccc21. The molecule has 0 saturated carbocycles. The van der Waals surface area contributed by atoms with Gasteiger partial charge in [-0.2, -0.15) is 0 Å². The predicted molar refractivity (Wildman–Crippen MR) is 80.5 cm³/mol. The average Bonchev–Trinajstić information content (AvgIpc) is 2.89. The van der Waals surface area contributed by atoms with Crippen LogP contribution in [0.1, 0.15) is 0 Å². The zero-order chi connectivity index (χ0) is 14.8. The van der Waals surface area contributed by atoms with Crippen molar-refractivity contribution in [3.05, 3.63) is 48.8 Å². The molecule has 0 spiro atoms. The topological polar surface area (TPSA) is 82.2 Å². The van der Waals surface area contributed by atoms with Gasteiger partial charge in [-0.05, 0) is 30.3 Å². The molecule has 0 bridgehead atoms. The molecule has 0 radical (unpaired) electrons. The van der Waals surface area contributed by atoms with Crippen LogP contribution < -0.4 is 15.8 Å². The lowest BCUT2D eigenvalue weighted by Crippen LogP contribution is -2.23.